The average Bonchev–Trinajstić information content (AvgIpc) is 3.38. The quantitative estimate of drug-likeness (QED) is 0.547. The number of fused-ring (bicyclic) bond motifs is 2. The van der Waals surface area contributed by atoms with Gasteiger partial charge in [-0.15, -0.1) is 0 Å². The van der Waals surface area contributed by atoms with E-state index < -0.39 is 6.04 Å². The van der Waals surface area contributed by atoms with Gasteiger partial charge in [0, 0.05) is 24.2 Å². The number of amides is 3. The first-order valence-corrected chi connectivity index (χ1v) is 12.4. The molecule has 0 aliphatic carbocycles. The fourth-order valence-corrected chi connectivity index (χ4v) is 4.94. The molecule has 3 aromatic carbocycles. The van der Waals surface area contributed by atoms with Gasteiger partial charge in [-0.1, -0.05) is 42.5 Å². The molecule has 0 spiro atoms. The van der Waals surface area contributed by atoms with Crippen LogP contribution in [0, 0.1) is 0 Å². The first-order valence-electron chi connectivity index (χ1n) is 12.4. The Morgan fingerprint density at radius 3 is 2.56 bits per heavy atom. The minimum Gasteiger partial charge on any atom is -0.494 e. The zero-order chi connectivity index (χ0) is 25.1. The molecule has 0 radical (unpaired) electrons. The molecule has 3 amide bonds. The fourth-order valence-electron chi connectivity index (χ4n) is 4.94. The predicted octanol–water partition coefficient (Wildman–Crippen LogP) is 4.17. The summed E-state index contributed by atoms with van der Waals surface area (Å²) in [5, 5.41) is 2.95. The molecule has 1 fully saturated rings. The molecule has 1 N–H and O–H groups in total. The summed E-state index contributed by atoms with van der Waals surface area (Å²) in [4.78, 5) is 42.7. The van der Waals surface area contributed by atoms with Gasteiger partial charge >= 0.3 is 0 Å². The van der Waals surface area contributed by atoms with Gasteiger partial charge in [0.15, 0.2) is 0 Å². The Morgan fingerprint density at radius 2 is 1.75 bits per heavy atom. The van der Waals surface area contributed by atoms with Crippen LogP contribution in [0.4, 0.5) is 5.69 Å². The first kappa shape index (κ1) is 23.6. The summed E-state index contributed by atoms with van der Waals surface area (Å²) in [6, 6.07) is 21.8. The van der Waals surface area contributed by atoms with E-state index in [1.165, 1.54) is 0 Å². The van der Waals surface area contributed by atoms with Gasteiger partial charge in [0.05, 0.1) is 24.4 Å². The molecule has 2 aliphatic rings. The largest absolute Gasteiger partial charge is 0.494 e. The molecular formula is C29H29N3O4. The Balaban J connectivity index is 1.31. The Morgan fingerprint density at radius 1 is 1.00 bits per heavy atom. The van der Waals surface area contributed by atoms with E-state index in [9.17, 15) is 14.4 Å². The van der Waals surface area contributed by atoms with E-state index in [0.29, 0.717) is 49.5 Å². The standard InChI is InChI=1S/C29H29N3O4/c1-2-36-26-12-6-3-8-22(26)18-30-27(33)21-15-13-20(14-16-21)19-32-24-10-5-4-9-23(24)28(34)31-17-7-11-25(31)29(32)35/h3-6,8-10,12-16,25H,2,7,11,17-19H2,1H3,(H,30,33). The number of nitrogens with one attached hydrogen (secondary N) is 1. The maximum Gasteiger partial charge on any atom is 0.256 e. The van der Waals surface area contributed by atoms with E-state index in [4.69, 9.17) is 4.74 Å². The van der Waals surface area contributed by atoms with Crippen molar-refractivity contribution in [3.63, 3.8) is 0 Å². The van der Waals surface area contributed by atoms with Gasteiger partial charge in [0.2, 0.25) is 5.91 Å². The number of ether oxygens (including phenoxy) is 1. The second kappa shape index (κ2) is 10.2. The third-order valence-corrected chi connectivity index (χ3v) is 6.76. The van der Waals surface area contributed by atoms with Gasteiger partial charge < -0.3 is 19.9 Å². The Labute approximate surface area is 210 Å². The van der Waals surface area contributed by atoms with Crippen LogP contribution in [-0.2, 0) is 17.9 Å². The lowest BCUT2D eigenvalue weighted by atomic mass is 10.1. The summed E-state index contributed by atoms with van der Waals surface area (Å²) in [5.74, 6) is 0.441. The highest BCUT2D eigenvalue weighted by Crippen LogP contribution is 2.33. The Kier molecular flexibility index (Phi) is 6.71. The van der Waals surface area contributed by atoms with E-state index in [-0.39, 0.29) is 17.7 Å². The summed E-state index contributed by atoms with van der Waals surface area (Å²) in [5.41, 5.74) is 3.52. The minimum absolute atomic E-state index is 0.0550. The van der Waals surface area contributed by atoms with Crippen LogP contribution < -0.4 is 15.0 Å². The average molecular weight is 484 g/mol. The lowest BCUT2D eigenvalue weighted by molar-refractivity contribution is -0.122. The summed E-state index contributed by atoms with van der Waals surface area (Å²) in [6.45, 7) is 3.79. The van der Waals surface area contributed by atoms with E-state index in [1.54, 1.807) is 28.0 Å². The van der Waals surface area contributed by atoms with Gasteiger partial charge in [-0.2, -0.15) is 0 Å². The van der Waals surface area contributed by atoms with Gasteiger partial charge in [0.25, 0.3) is 11.8 Å². The number of nitrogens with zero attached hydrogens (tertiary/aromatic N) is 2. The molecule has 5 rings (SSSR count). The minimum atomic E-state index is -0.422. The Hall–Kier alpha value is -4.13. The monoisotopic (exact) mass is 483 g/mol. The number of carbonyl (C=O) groups excluding carboxylic acids is 3. The van der Waals surface area contributed by atoms with Crippen LogP contribution in [0.5, 0.6) is 5.75 Å². The van der Waals surface area contributed by atoms with E-state index in [0.717, 1.165) is 23.3 Å². The summed E-state index contributed by atoms with van der Waals surface area (Å²) in [6.07, 6.45) is 1.51. The second-order valence-electron chi connectivity index (χ2n) is 9.02. The molecule has 0 aromatic heterocycles. The van der Waals surface area contributed by atoms with Crippen molar-refractivity contribution in [3.8, 4) is 5.75 Å². The van der Waals surface area contributed by atoms with Crippen LogP contribution in [0.15, 0.2) is 72.8 Å². The van der Waals surface area contributed by atoms with Crippen molar-refractivity contribution in [3.05, 3.63) is 95.1 Å². The van der Waals surface area contributed by atoms with Crippen LogP contribution >= 0.6 is 0 Å². The van der Waals surface area contributed by atoms with Crippen molar-refractivity contribution in [1.82, 2.24) is 10.2 Å². The van der Waals surface area contributed by atoms with E-state index in [1.807, 2.05) is 61.5 Å². The zero-order valence-corrected chi connectivity index (χ0v) is 20.3. The van der Waals surface area contributed by atoms with Crippen molar-refractivity contribution in [2.75, 3.05) is 18.1 Å². The van der Waals surface area contributed by atoms with Crippen molar-refractivity contribution >= 4 is 23.4 Å². The van der Waals surface area contributed by atoms with Crippen LogP contribution in [0.3, 0.4) is 0 Å². The number of hydrogen-bond donors (Lipinski definition) is 1. The topological polar surface area (TPSA) is 79.0 Å². The summed E-state index contributed by atoms with van der Waals surface area (Å²) < 4.78 is 5.63. The second-order valence-corrected chi connectivity index (χ2v) is 9.02. The summed E-state index contributed by atoms with van der Waals surface area (Å²) >= 11 is 0. The highest BCUT2D eigenvalue weighted by atomic mass is 16.5. The normalized spacial score (nSPS) is 16.9. The molecule has 3 aromatic rings. The number of rotatable bonds is 7. The molecule has 7 heteroatoms. The number of anilines is 1. The fraction of sp³-hybridized carbons (Fsp3) is 0.276. The Bertz CT molecular complexity index is 1290. The number of para-hydroxylation sites is 2. The third-order valence-electron chi connectivity index (χ3n) is 6.76. The molecule has 0 saturated carbocycles. The molecule has 1 unspecified atom stereocenters. The van der Waals surface area contributed by atoms with Crippen LogP contribution in [0.25, 0.3) is 0 Å². The van der Waals surface area contributed by atoms with Crippen molar-refractivity contribution < 1.29 is 19.1 Å². The zero-order valence-electron chi connectivity index (χ0n) is 20.3. The molecular weight excluding hydrogens is 454 g/mol. The third kappa shape index (κ3) is 4.56. The van der Waals surface area contributed by atoms with E-state index >= 15 is 0 Å². The molecule has 184 valence electrons. The smallest absolute Gasteiger partial charge is 0.256 e. The van der Waals surface area contributed by atoms with Gasteiger partial charge in [0.1, 0.15) is 11.8 Å². The molecule has 2 aliphatic heterocycles. The van der Waals surface area contributed by atoms with Crippen LogP contribution in [0.1, 0.15) is 51.6 Å². The number of carbonyl (C=O) groups is 3. The van der Waals surface area contributed by atoms with Gasteiger partial charge in [-0.05, 0) is 55.7 Å². The van der Waals surface area contributed by atoms with Crippen LogP contribution in [-0.4, -0.2) is 41.8 Å². The molecule has 1 atom stereocenters. The molecule has 36 heavy (non-hydrogen) atoms. The number of benzene rings is 3. The number of hydrogen-bond acceptors (Lipinski definition) is 4. The lowest BCUT2D eigenvalue weighted by Crippen LogP contribution is -2.44. The molecule has 2 heterocycles. The van der Waals surface area contributed by atoms with Crippen molar-refractivity contribution in [1.29, 1.82) is 0 Å². The maximum atomic E-state index is 13.5. The van der Waals surface area contributed by atoms with Gasteiger partial charge in [-0.3, -0.25) is 14.4 Å². The van der Waals surface area contributed by atoms with Gasteiger partial charge in [-0.25, -0.2) is 0 Å². The maximum absolute atomic E-state index is 13.5. The van der Waals surface area contributed by atoms with Crippen LogP contribution in [0.2, 0.25) is 0 Å². The SMILES string of the molecule is CCOc1ccccc1CNC(=O)c1ccc(CN2C(=O)C3CCCN3C(=O)c3ccccc32)cc1. The molecule has 1 saturated heterocycles. The highest BCUT2D eigenvalue weighted by Gasteiger charge is 2.41. The summed E-state index contributed by atoms with van der Waals surface area (Å²) in [7, 11) is 0. The van der Waals surface area contributed by atoms with Crippen molar-refractivity contribution in [2.24, 2.45) is 0 Å². The molecule has 0 bridgehead atoms. The predicted molar refractivity (Wildman–Crippen MR) is 137 cm³/mol. The lowest BCUT2D eigenvalue weighted by Gasteiger charge is -2.26. The molecule has 7 nitrogen and oxygen atoms in total. The van der Waals surface area contributed by atoms with E-state index in [2.05, 4.69) is 5.32 Å². The van der Waals surface area contributed by atoms with Crippen molar-refractivity contribution in [2.45, 2.75) is 38.9 Å². The highest BCUT2D eigenvalue weighted by molar-refractivity contribution is 6.11. The first-order chi connectivity index (χ1) is 17.6.